The fourth-order valence-corrected chi connectivity index (χ4v) is 2.37. The number of nitrogens with two attached hydrogens (primary N) is 1. The zero-order valence-electron chi connectivity index (χ0n) is 11.7. The van der Waals surface area contributed by atoms with Crippen LogP contribution in [0.1, 0.15) is 26.2 Å². The third kappa shape index (κ3) is 5.80. The summed E-state index contributed by atoms with van der Waals surface area (Å²) in [7, 11) is 1.67. The number of ether oxygens (including phenoxy) is 1. The van der Waals surface area contributed by atoms with E-state index in [9.17, 15) is 4.79 Å². The van der Waals surface area contributed by atoms with Crippen molar-refractivity contribution >= 4 is 5.91 Å². The summed E-state index contributed by atoms with van der Waals surface area (Å²) >= 11 is 0. The van der Waals surface area contributed by atoms with Crippen LogP contribution in [0.5, 0.6) is 0 Å². The molecule has 0 aromatic rings. The highest BCUT2D eigenvalue weighted by Crippen LogP contribution is 2.18. The van der Waals surface area contributed by atoms with Crippen LogP contribution in [0.4, 0.5) is 0 Å². The van der Waals surface area contributed by atoms with Crippen molar-refractivity contribution in [1.82, 2.24) is 10.2 Å². The van der Waals surface area contributed by atoms with Crippen LogP contribution in [-0.2, 0) is 9.53 Å². The molecule has 1 heterocycles. The highest BCUT2D eigenvalue weighted by atomic mass is 16.5. The van der Waals surface area contributed by atoms with Crippen molar-refractivity contribution in [3.63, 3.8) is 0 Å². The number of likely N-dealkylation sites (tertiary alicyclic amines) is 1. The number of rotatable bonds is 7. The maximum atomic E-state index is 11.7. The minimum absolute atomic E-state index is 0.108. The van der Waals surface area contributed by atoms with Gasteiger partial charge in [-0.2, -0.15) is 0 Å². The second-order valence-corrected chi connectivity index (χ2v) is 5.19. The molecule has 0 aromatic heterocycles. The lowest BCUT2D eigenvalue weighted by molar-refractivity contribution is -0.122. The molecule has 106 valence electrons. The molecule has 1 aliphatic rings. The number of methoxy groups -OCH3 is 1. The van der Waals surface area contributed by atoms with Crippen LogP contribution in [0.15, 0.2) is 0 Å². The lowest BCUT2D eigenvalue weighted by Crippen LogP contribution is -2.46. The van der Waals surface area contributed by atoms with Crippen molar-refractivity contribution in [2.24, 2.45) is 11.7 Å². The molecule has 3 N–H and O–H groups in total. The number of nitrogens with zero attached hydrogens (tertiary/aromatic N) is 1. The van der Waals surface area contributed by atoms with Crippen LogP contribution in [0.25, 0.3) is 0 Å². The smallest absolute Gasteiger partial charge is 0.234 e. The van der Waals surface area contributed by atoms with Crippen molar-refractivity contribution in [1.29, 1.82) is 0 Å². The van der Waals surface area contributed by atoms with Crippen molar-refractivity contribution < 1.29 is 9.53 Å². The first-order chi connectivity index (χ1) is 8.63. The van der Waals surface area contributed by atoms with Crippen LogP contribution < -0.4 is 11.1 Å². The Hall–Kier alpha value is -0.650. The number of carbonyl (C=O) groups is 1. The minimum Gasteiger partial charge on any atom is -0.385 e. The minimum atomic E-state index is 0.108. The third-order valence-corrected chi connectivity index (χ3v) is 3.50. The van der Waals surface area contributed by atoms with E-state index in [1.807, 2.05) is 0 Å². The van der Waals surface area contributed by atoms with Crippen LogP contribution >= 0.6 is 0 Å². The zero-order valence-corrected chi connectivity index (χ0v) is 11.7. The summed E-state index contributed by atoms with van der Waals surface area (Å²) in [5, 5.41) is 2.92. The first-order valence-corrected chi connectivity index (χ1v) is 6.87. The highest BCUT2D eigenvalue weighted by molar-refractivity contribution is 5.77. The van der Waals surface area contributed by atoms with E-state index >= 15 is 0 Å². The van der Waals surface area contributed by atoms with E-state index in [4.69, 9.17) is 10.5 Å². The first-order valence-electron chi connectivity index (χ1n) is 6.87. The van der Waals surface area contributed by atoms with Gasteiger partial charge in [-0.3, -0.25) is 9.69 Å². The van der Waals surface area contributed by atoms with Gasteiger partial charge in [-0.15, -0.1) is 0 Å². The molecule has 1 saturated heterocycles. The van der Waals surface area contributed by atoms with Crippen LogP contribution in [-0.4, -0.2) is 56.7 Å². The summed E-state index contributed by atoms with van der Waals surface area (Å²) in [6.07, 6.45) is 3.19. The summed E-state index contributed by atoms with van der Waals surface area (Å²) in [4.78, 5) is 13.9. The number of piperidine rings is 1. The number of hydrogen-bond donors (Lipinski definition) is 2. The molecular weight excluding hydrogens is 230 g/mol. The predicted molar refractivity (Wildman–Crippen MR) is 72.3 cm³/mol. The summed E-state index contributed by atoms with van der Waals surface area (Å²) in [6.45, 7) is 5.89. The number of carbonyl (C=O) groups excluding carboxylic acids is 1. The van der Waals surface area contributed by atoms with E-state index < -0.39 is 0 Å². The Morgan fingerprint density at radius 2 is 2.39 bits per heavy atom. The number of hydrogen-bond acceptors (Lipinski definition) is 4. The lowest BCUT2D eigenvalue weighted by Gasteiger charge is -2.34. The zero-order chi connectivity index (χ0) is 13.4. The van der Waals surface area contributed by atoms with Crippen molar-refractivity contribution in [2.45, 2.75) is 32.2 Å². The van der Waals surface area contributed by atoms with Gasteiger partial charge in [0.1, 0.15) is 0 Å². The van der Waals surface area contributed by atoms with E-state index in [1.54, 1.807) is 7.11 Å². The quantitative estimate of drug-likeness (QED) is 0.639. The Kier molecular flexibility index (Phi) is 7.23. The summed E-state index contributed by atoms with van der Waals surface area (Å²) in [5.41, 5.74) is 5.93. The average Bonchev–Trinajstić information content (AvgIpc) is 2.35. The van der Waals surface area contributed by atoms with Gasteiger partial charge in [0.15, 0.2) is 0 Å². The van der Waals surface area contributed by atoms with E-state index in [0.29, 0.717) is 25.6 Å². The molecule has 0 spiro atoms. The molecule has 18 heavy (non-hydrogen) atoms. The first kappa shape index (κ1) is 15.4. The van der Waals surface area contributed by atoms with Crippen LogP contribution in [0, 0.1) is 5.92 Å². The van der Waals surface area contributed by atoms with Gasteiger partial charge in [0.05, 0.1) is 6.54 Å². The van der Waals surface area contributed by atoms with E-state index in [0.717, 1.165) is 25.9 Å². The van der Waals surface area contributed by atoms with Crippen molar-refractivity contribution in [3.05, 3.63) is 0 Å². The SMILES string of the molecule is COCCCNC(=O)CN1CCCC(C(C)N)C1. The third-order valence-electron chi connectivity index (χ3n) is 3.50. The highest BCUT2D eigenvalue weighted by Gasteiger charge is 2.23. The molecule has 1 amide bonds. The van der Waals surface area contributed by atoms with Gasteiger partial charge >= 0.3 is 0 Å². The van der Waals surface area contributed by atoms with Gasteiger partial charge in [-0.05, 0) is 38.6 Å². The van der Waals surface area contributed by atoms with Gasteiger partial charge in [0.25, 0.3) is 0 Å². The van der Waals surface area contributed by atoms with Crippen LogP contribution in [0.3, 0.4) is 0 Å². The summed E-state index contributed by atoms with van der Waals surface area (Å²) in [6, 6.07) is 0.220. The van der Waals surface area contributed by atoms with Crippen molar-refractivity contribution in [2.75, 3.05) is 39.9 Å². The molecule has 0 aliphatic carbocycles. The Balaban J connectivity index is 2.18. The maximum absolute atomic E-state index is 11.7. The molecule has 5 nitrogen and oxygen atoms in total. The molecule has 0 radical (unpaired) electrons. The molecule has 1 rings (SSSR count). The number of nitrogens with one attached hydrogen (secondary N) is 1. The average molecular weight is 257 g/mol. The summed E-state index contributed by atoms with van der Waals surface area (Å²) < 4.78 is 4.94. The second-order valence-electron chi connectivity index (χ2n) is 5.19. The number of amides is 1. The van der Waals surface area contributed by atoms with E-state index in [1.165, 1.54) is 6.42 Å². The standard InChI is InChI=1S/C13H27N3O2/c1-11(14)12-5-3-7-16(9-12)10-13(17)15-6-4-8-18-2/h11-12H,3-10,14H2,1-2H3,(H,15,17). The van der Waals surface area contributed by atoms with E-state index in [2.05, 4.69) is 17.1 Å². The summed E-state index contributed by atoms with van der Waals surface area (Å²) in [5.74, 6) is 0.636. The molecular formula is C13H27N3O2. The van der Waals surface area contributed by atoms with Crippen molar-refractivity contribution in [3.8, 4) is 0 Å². The normalized spacial score (nSPS) is 22.7. The molecule has 1 aliphatic heterocycles. The Morgan fingerprint density at radius 3 is 3.06 bits per heavy atom. The predicted octanol–water partition coefficient (Wildman–Crippen LogP) is 0.198. The molecule has 2 atom stereocenters. The Labute approximate surface area is 110 Å². The van der Waals surface area contributed by atoms with E-state index in [-0.39, 0.29) is 11.9 Å². The van der Waals surface area contributed by atoms with Gasteiger partial charge in [0, 0.05) is 32.8 Å². The second kappa shape index (κ2) is 8.45. The molecule has 0 saturated carbocycles. The molecule has 5 heteroatoms. The topological polar surface area (TPSA) is 67.6 Å². The van der Waals surface area contributed by atoms with Gasteiger partial charge in [0.2, 0.25) is 5.91 Å². The Morgan fingerprint density at radius 1 is 1.61 bits per heavy atom. The molecule has 0 bridgehead atoms. The van der Waals surface area contributed by atoms with Crippen LogP contribution in [0.2, 0.25) is 0 Å². The maximum Gasteiger partial charge on any atom is 0.234 e. The lowest BCUT2D eigenvalue weighted by atomic mass is 9.92. The van der Waals surface area contributed by atoms with Gasteiger partial charge < -0.3 is 15.8 Å². The molecule has 2 unspecified atom stereocenters. The fourth-order valence-electron chi connectivity index (χ4n) is 2.37. The molecule has 0 aromatic carbocycles. The van der Waals surface area contributed by atoms with Gasteiger partial charge in [-0.25, -0.2) is 0 Å². The fraction of sp³-hybridized carbons (Fsp3) is 0.923. The van der Waals surface area contributed by atoms with Gasteiger partial charge in [-0.1, -0.05) is 0 Å². The largest absolute Gasteiger partial charge is 0.385 e. The molecule has 1 fully saturated rings. The monoisotopic (exact) mass is 257 g/mol. The Bertz CT molecular complexity index is 246.